The van der Waals surface area contributed by atoms with Crippen molar-refractivity contribution in [1.82, 2.24) is 15.1 Å². The van der Waals surface area contributed by atoms with Crippen molar-refractivity contribution in [1.29, 1.82) is 0 Å². The van der Waals surface area contributed by atoms with Gasteiger partial charge >= 0.3 is 0 Å². The molecule has 4 rings (SSSR count). The van der Waals surface area contributed by atoms with Crippen LogP contribution in [0.5, 0.6) is 11.5 Å². The number of halogens is 2. The number of carbonyl (C=O) groups is 1. The molecule has 7 nitrogen and oxygen atoms in total. The van der Waals surface area contributed by atoms with Gasteiger partial charge in [-0.25, -0.2) is 13.5 Å². The zero-order valence-electron chi connectivity index (χ0n) is 16.7. The van der Waals surface area contributed by atoms with Crippen LogP contribution >= 0.6 is 0 Å². The van der Waals surface area contributed by atoms with Crippen LogP contribution in [0, 0.1) is 0 Å². The first-order chi connectivity index (χ1) is 14.5. The fourth-order valence-corrected chi connectivity index (χ4v) is 3.33. The van der Waals surface area contributed by atoms with Crippen molar-refractivity contribution in [3.8, 4) is 11.5 Å². The second-order valence-electron chi connectivity index (χ2n) is 7.03. The van der Waals surface area contributed by atoms with Crippen molar-refractivity contribution in [2.24, 2.45) is 0 Å². The quantitative estimate of drug-likeness (QED) is 0.723. The van der Waals surface area contributed by atoms with Crippen molar-refractivity contribution >= 4 is 17.4 Å². The highest BCUT2D eigenvalue weighted by Crippen LogP contribution is 2.38. The minimum Gasteiger partial charge on any atom is -0.493 e. The Balaban J connectivity index is 1.46. The molecule has 1 aliphatic heterocycles. The van der Waals surface area contributed by atoms with Gasteiger partial charge in [0.15, 0.2) is 11.5 Å². The molecule has 0 atom stereocenters. The highest BCUT2D eigenvalue weighted by molar-refractivity contribution is 6.00. The van der Waals surface area contributed by atoms with E-state index in [4.69, 9.17) is 9.47 Å². The van der Waals surface area contributed by atoms with E-state index in [1.54, 1.807) is 20.3 Å². The molecule has 1 aromatic heterocycles. The Hall–Kier alpha value is -3.36. The minimum atomic E-state index is -2.69. The van der Waals surface area contributed by atoms with Crippen molar-refractivity contribution in [3.05, 3.63) is 52.9 Å². The lowest BCUT2D eigenvalue weighted by Crippen LogP contribution is -2.27. The molecule has 0 spiro atoms. The first kappa shape index (κ1) is 19.9. The second kappa shape index (κ2) is 8.17. The molecule has 9 heteroatoms. The Morgan fingerprint density at radius 2 is 2.03 bits per heavy atom. The summed E-state index contributed by atoms with van der Waals surface area (Å²) in [4.78, 5) is 12.7. The number of allylic oxidation sites excluding steroid dienone is 3. The average molecular weight is 416 g/mol. The molecule has 2 aliphatic rings. The van der Waals surface area contributed by atoms with E-state index >= 15 is 0 Å². The molecule has 0 radical (unpaired) electrons. The second-order valence-corrected chi connectivity index (χ2v) is 7.03. The topological polar surface area (TPSA) is 77.4 Å². The van der Waals surface area contributed by atoms with E-state index in [1.165, 1.54) is 12.3 Å². The monoisotopic (exact) mass is 416 g/mol. The fourth-order valence-electron chi connectivity index (χ4n) is 3.33. The minimum absolute atomic E-state index is 0.229. The van der Waals surface area contributed by atoms with E-state index in [1.807, 2.05) is 12.1 Å². The maximum absolute atomic E-state index is 13.5. The maximum atomic E-state index is 13.5. The van der Waals surface area contributed by atoms with Crippen LogP contribution in [0.4, 0.5) is 14.6 Å². The lowest BCUT2D eigenvalue weighted by Gasteiger charge is -2.20. The number of amides is 1. The van der Waals surface area contributed by atoms with Crippen molar-refractivity contribution in [2.75, 3.05) is 26.1 Å². The molecule has 1 saturated carbocycles. The van der Waals surface area contributed by atoms with Gasteiger partial charge in [0.05, 0.1) is 20.4 Å². The first-order valence-corrected chi connectivity index (χ1v) is 9.58. The summed E-state index contributed by atoms with van der Waals surface area (Å²) in [6.07, 6.45) is 2.34. The molecular weight excluding hydrogens is 394 g/mol. The molecule has 158 valence electrons. The molecule has 0 saturated heterocycles. The Morgan fingerprint density at radius 1 is 1.27 bits per heavy atom. The first-order valence-electron chi connectivity index (χ1n) is 9.58. The molecule has 1 aliphatic carbocycles. The van der Waals surface area contributed by atoms with Crippen molar-refractivity contribution in [3.63, 3.8) is 0 Å². The number of carbonyl (C=O) groups excluding carboxylic acids is 1. The van der Waals surface area contributed by atoms with Crippen molar-refractivity contribution in [2.45, 2.75) is 25.7 Å². The third-order valence-electron chi connectivity index (χ3n) is 5.06. The number of hydrogen-bond acceptors (Lipinski definition) is 5. The largest absolute Gasteiger partial charge is 0.493 e. The number of benzene rings is 1. The Morgan fingerprint density at radius 3 is 2.70 bits per heavy atom. The molecule has 1 aromatic carbocycles. The van der Waals surface area contributed by atoms with E-state index in [-0.39, 0.29) is 23.0 Å². The Bertz CT molecular complexity index is 1040. The number of ether oxygens (including phenoxy) is 2. The molecule has 2 heterocycles. The summed E-state index contributed by atoms with van der Waals surface area (Å²) in [6.45, 7) is 0.366. The van der Waals surface area contributed by atoms with Crippen LogP contribution in [0.2, 0.25) is 0 Å². The van der Waals surface area contributed by atoms with Gasteiger partial charge in [-0.15, -0.1) is 0 Å². The average Bonchev–Trinajstić information content (AvgIpc) is 3.51. The fraction of sp³-hybridized carbons (Fsp3) is 0.333. The number of rotatable bonds is 7. The van der Waals surface area contributed by atoms with Gasteiger partial charge < -0.3 is 20.1 Å². The third kappa shape index (κ3) is 3.87. The molecule has 2 aromatic rings. The summed E-state index contributed by atoms with van der Waals surface area (Å²) in [5.41, 5.74) is 2.67. The van der Waals surface area contributed by atoms with Gasteiger partial charge in [0.2, 0.25) is 0 Å². The van der Waals surface area contributed by atoms with Crippen LogP contribution in [-0.2, 0) is 6.42 Å². The van der Waals surface area contributed by atoms with Crippen LogP contribution in [0.25, 0.3) is 5.70 Å². The summed E-state index contributed by atoms with van der Waals surface area (Å²) in [7, 11) is 3.13. The van der Waals surface area contributed by atoms with E-state index in [0.29, 0.717) is 30.2 Å². The zero-order valence-corrected chi connectivity index (χ0v) is 16.7. The van der Waals surface area contributed by atoms with E-state index in [9.17, 15) is 13.6 Å². The number of nitrogens with one attached hydrogen (secondary N) is 2. The number of anilines is 1. The van der Waals surface area contributed by atoms with Crippen LogP contribution in [0.1, 0.15) is 28.8 Å². The smallest absolute Gasteiger partial charge is 0.280 e. The summed E-state index contributed by atoms with van der Waals surface area (Å²) < 4.78 is 38.6. The van der Waals surface area contributed by atoms with Crippen LogP contribution in [0.3, 0.4) is 0 Å². The van der Waals surface area contributed by atoms with Gasteiger partial charge in [-0.3, -0.25) is 4.79 Å². The Labute approximate surface area is 172 Å². The molecule has 1 amide bonds. The summed E-state index contributed by atoms with van der Waals surface area (Å²) >= 11 is 0. The number of aromatic nitrogens is 2. The SMILES string of the molecule is COc1ccc(CCNC(=O)c2cnn3c2NC(=C2CC2)C=C3C(F)F)cc1OC. The van der Waals surface area contributed by atoms with Gasteiger partial charge in [0.25, 0.3) is 12.3 Å². The summed E-state index contributed by atoms with van der Waals surface area (Å²) in [5.74, 6) is 1.14. The predicted molar refractivity (Wildman–Crippen MR) is 108 cm³/mol. The normalized spacial score (nSPS) is 14.8. The third-order valence-corrected chi connectivity index (χ3v) is 5.06. The number of methoxy groups -OCH3 is 2. The van der Waals surface area contributed by atoms with Gasteiger partial charge in [-0.05, 0) is 48.6 Å². The predicted octanol–water partition coefficient (Wildman–Crippen LogP) is 3.45. The lowest BCUT2D eigenvalue weighted by atomic mass is 10.1. The standard InChI is InChI=1S/C21H22F2N4O3/c1-29-17-6-3-12(9-18(17)30-2)7-8-24-21(28)14-11-25-27-16(19(22)23)10-15(13-4-5-13)26-20(14)27/h3,6,9-11,19,26H,4-5,7-8H2,1-2H3,(H,24,28). The van der Waals surface area contributed by atoms with Gasteiger partial charge in [0, 0.05) is 12.2 Å². The van der Waals surface area contributed by atoms with Gasteiger partial charge in [-0.2, -0.15) is 5.10 Å². The van der Waals surface area contributed by atoms with Crippen LogP contribution in [0.15, 0.2) is 41.7 Å². The van der Waals surface area contributed by atoms with Crippen LogP contribution in [-0.4, -0.2) is 42.9 Å². The maximum Gasteiger partial charge on any atom is 0.280 e. The van der Waals surface area contributed by atoms with E-state index in [2.05, 4.69) is 15.7 Å². The highest BCUT2D eigenvalue weighted by Gasteiger charge is 2.30. The highest BCUT2D eigenvalue weighted by atomic mass is 19.3. The summed E-state index contributed by atoms with van der Waals surface area (Å²) in [5, 5.41) is 9.91. The van der Waals surface area contributed by atoms with E-state index in [0.717, 1.165) is 28.7 Å². The van der Waals surface area contributed by atoms with Crippen molar-refractivity contribution < 1.29 is 23.0 Å². The number of hydrogen-bond donors (Lipinski definition) is 2. The molecule has 2 N–H and O–H groups in total. The lowest BCUT2D eigenvalue weighted by molar-refractivity contribution is 0.0955. The summed E-state index contributed by atoms with van der Waals surface area (Å²) in [6, 6.07) is 5.55. The molecule has 0 unspecified atom stereocenters. The molecule has 30 heavy (non-hydrogen) atoms. The zero-order chi connectivity index (χ0) is 21.3. The number of nitrogens with zero attached hydrogens (tertiary/aromatic N) is 2. The number of fused-ring (bicyclic) bond motifs is 1. The Kier molecular flexibility index (Phi) is 5.43. The molecular formula is C21H22F2N4O3. The van der Waals surface area contributed by atoms with E-state index < -0.39 is 6.43 Å². The van der Waals surface area contributed by atoms with Crippen LogP contribution < -0.4 is 20.1 Å². The molecule has 1 fully saturated rings. The molecule has 0 bridgehead atoms. The number of alkyl halides is 2. The van der Waals surface area contributed by atoms with Gasteiger partial charge in [-0.1, -0.05) is 6.07 Å². The van der Waals surface area contributed by atoms with Gasteiger partial charge in [0.1, 0.15) is 17.1 Å².